The van der Waals surface area contributed by atoms with Crippen molar-refractivity contribution in [2.75, 3.05) is 57.6 Å². The van der Waals surface area contributed by atoms with Crippen LogP contribution in [0, 0.1) is 4.91 Å². The van der Waals surface area contributed by atoms with E-state index in [0.717, 1.165) is 12.8 Å². The largest absolute Gasteiger partial charge is 0.493 e. The number of amides is 1. The summed E-state index contributed by atoms with van der Waals surface area (Å²) in [4.78, 5) is 33.7. The van der Waals surface area contributed by atoms with Crippen LogP contribution in [0.25, 0.3) is 10.9 Å². The van der Waals surface area contributed by atoms with Gasteiger partial charge in [0.15, 0.2) is 16.8 Å². The molecule has 2 fully saturated rings. The molecule has 12 nitrogen and oxygen atoms in total. The Morgan fingerprint density at radius 1 is 1.19 bits per heavy atom. The summed E-state index contributed by atoms with van der Waals surface area (Å²) < 4.78 is 16.2. The maximum Gasteiger partial charge on any atom is 0.251 e. The van der Waals surface area contributed by atoms with E-state index < -0.39 is 0 Å². The van der Waals surface area contributed by atoms with Crippen LogP contribution in [0.2, 0.25) is 0 Å². The number of aromatic nitrogens is 2. The molecule has 3 N–H and O–H groups in total. The third-order valence-electron chi connectivity index (χ3n) is 5.30. The predicted octanol–water partition coefficient (Wildman–Crippen LogP) is 1.20. The third-order valence-corrected chi connectivity index (χ3v) is 5.30. The number of nitrogens with two attached hydrogens (primary N) is 1. The molecule has 2 aromatic rings. The molecule has 0 spiro atoms. The number of benzene rings is 1. The highest BCUT2D eigenvalue weighted by atomic mass is 16.6. The minimum atomic E-state index is -0.276. The zero-order valence-electron chi connectivity index (χ0n) is 17.5. The maximum atomic E-state index is 12.5. The molecule has 0 bridgehead atoms. The van der Waals surface area contributed by atoms with Crippen LogP contribution in [0.5, 0.6) is 11.5 Å². The number of anilines is 2. The van der Waals surface area contributed by atoms with Crippen molar-refractivity contribution in [3.8, 4) is 11.5 Å². The molecule has 1 atom stereocenters. The molecule has 3 heterocycles. The fourth-order valence-corrected chi connectivity index (χ4v) is 3.71. The van der Waals surface area contributed by atoms with E-state index in [4.69, 9.17) is 30.1 Å². The first-order chi connectivity index (χ1) is 15.0. The highest BCUT2D eigenvalue weighted by Crippen LogP contribution is 2.34. The topological polar surface area (TPSA) is 153 Å². The number of ether oxygens (including phenoxy) is 3. The Kier molecular flexibility index (Phi) is 7.23. The number of nitrogens with zero attached hydrogens (tertiary/aromatic N) is 5. The second kappa shape index (κ2) is 10.1. The Hall–Kier alpha value is -3.41. The molecule has 31 heavy (non-hydrogen) atoms. The minimum absolute atomic E-state index is 0.0907. The monoisotopic (exact) mass is 434 g/mol. The van der Waals surface area contributed by atoms with Gasteiger partial charge in [0.25, 0.3) is 5.91 Å². The summed E-state index contributed by atoms with van der Waals surface area (Å²) in [5, 5.41) is 8.61. The lowest BCUT2D eigenvalue weighted by atomic mass is 10.2. The van der Waals surface area contributed by atoms with Gasteiger partial charge in [-0.15, -0.1) is 4.91 Å². The quantitative estimate of drug-likeness (QED) is 0.530. The zero-order valence-corrected chi connectivity index (χ0v) is 17.5. The third kappa shape index (κ3) is 4.85. The molecule has 168 valence electrons. The van der Waals surface area contributed by atoms with E-state index in [2.05, 4.69) is 9.97 Å². The van der Waals surface area contributed by atoms with Crippen molar-refractivity contribution in [2.24, 2.45) is 5.34 Å². The average Bonchev–Trinajstić information content (AvgIpc) is 3.33. The lowest BCUT2D eigenvalue weighted by Gasteiger charge is -2.35. The van der Waals surface area contributed by atoms with Gasteiger partial charge in [0.05, 0.1) is 19.7 Å². The van der Waals surface area contributed by atoms with E-state index >= 15 is 0 Å². The second-order valence-corrected chi connectivity index (χ2v) is 7.03. The molecule has 1 aromatic carbocycles. The molecule has 1 aromatic heterocycles. The van der Waals surface area contributed by atoms with E-state index in [1.807, 2.05) is 9.80 Å². The number of nitrogen functional groups attached to an aromatic ring is 1. The zero-order chi connectivity index (χ0) is 22.4. The SMILES string of the molecule is COc1cc2nc(N3CCN(C(=O)C4CCCO4)CC3)nc(N)c2cc1OC.O=NO. The van der Waals surface area contributed by atoms with Crippen molar-refractivity contribution in [1.82, 2.24) is 14.9 Å². The summed E-state index contributed by atoms with van der Waals surface area (Å²) in [5.74, 6) is 2.21. The van der Waals surface area contributed by atoms with Crippen LogP contribution in [-0.4, -0.2) is 79.1 Å². The number of piperazine rings is 1. The summed E-state index contributed by atoms with van der Waals surface area (Å²) in [6.45, 7) is 3.21. The Morgan fingerprint density at radius 2 is 1.84 bits per heavy atom. The molecule has 0 saturated carbocycles. The molecule has 2 aliphatic rings. The maximum absolute atomic E-state index is 12.5. The van der Waals surface area contributed by atoms with Crippen LogP contribution in [0.1, 0.15) is 12.8 Å². The van der Waals surface area contributed by atoms with Crippen molar-refractivity contribution in [3.05, 3.63) is 17.0 Å². The van der Waals surface area contributed by atoms with Gasteiger partial charge in [-0.05, 0) is 18.9 Å². The van der Waals surface area contributed by atoms with Gasteiger partial charge in [-0.1, -0.05) is 0 Å². The van der Waals surface area contributed by atoms with E-state index in [0.29, 0.717) is 67.0 Å². The number of carbonyl (C=O) groups is 1. The molecule has 4 rings (SSSR count). The molecule has 0 aliphatic carbocycles. The van der Waals surface area contributed by atoms with Gasteiger partial charge in [-0.2, -0.15) is 4.98 Å². The fourth-order valence-electron chi connectivity index (χ4n) is 3.71. The first kappa shape index (κ1) is 22.3. The number of methoxy groups -OCH3 is 2. The lowest BCUT2D eigenvalue weighted by Crippen LogP contribution is -2.51. The van der Waals surface area contributed by atoms with Crippen molar-refractivity contribution in [2.45, 2.75) is 18.9 Å². The molecule has 1 unspecified atom stereocenters. The summed E-state index contributed by atoms with van der Waals surface area (Å²) in [5.41, 5.74) is 6.87. The van der Waals surface area contributed by atoms with Crippen molar-refractivity contribution in [1.29, 1.82) is 0 Å². The predicted molar refractivity (Wildman–Crippen MR) is 112 cm³/mol. The van der Waals surface area contributed by atoms with E-state index in [9.17, 15) is 4.79 Å². The lowest BCUT2D eigenvalue weighted by molar-refractivity contribution is -0.141. The van der Waals surface area contributed by atoms with Gasteiger partial charge < -0.3 is 35.0 Å². The van der Waals surface area contributed by atoms with Crippen molar-refractivity contribution >= 4 is 28.6 Å². The van der Waals surface area contributed by atoms with Gasteiger partial charge in [0, 0.05) is 44.2 Å². The molecule has 2 saturated heterocycles. The van der Waals surface area contributed by atoms with Gasteiger partial charge in [-0.25, -0.2) is 4.98 Å². The van der Waals surface area contributed by atoms with E-state index in [1.165, 1.54) is 5.34 Å². The highest BCUT2D eigenvalue weighted by Gasteiger charge is 2.31. The molecule has 2 aliphatic heterocycles. The molecule has 12 heteroatoms. The number of fused-ring (bicyclic) bond motifs is 1. The number of carbonyl (C=O) groups excluding carboxylic acids is 1. The Labute approximate surface area is 178 Å². The second-order valence-electron chi connectivity index (χ2n) is 7.03. The van der Waals surface area contributed by atoms with Crippen LogP contribution in [0.15, 0.2) is 17.5 Å². The molecular weight excluding hydrogens is 408 g/mol. The van der Waals surface area contributed by atoms with E-state index in [-0.39, 0.29) is 12.0 Å². The summed E-state index contributed by atoms with van der Waals surface area (Å²) >= 11 is 0. The van der Waals surface area contributed by atoms with Gasteiger partial charge >= 0.3 is 0 Å². The Morgan fingerprint density at radius 3 is 2.42 bits per heavy atom. The van der Waals surface area contributed by atoms with Crippen molar-refractivity contribution in [3.63, 3.8) is 0 Å². The van der Waals surface area contributed by atoms with Gasteiger partial charge in [0.2, 0.25) is 5.95 Å². The first-order valence-corrected chi connectivity index (χ1v) is 9.83. The van der Waals surface area contributed by atoms with E-state index in [1.54, 1.807) is 26.4 Å². The van der Waals surface area contributed by atoms with Gasteiger partial charge in [0.1, 0.15) is 11.9 Å². The summed E-state index contributed by atoms with van der Waals surface area (Å²) in [6, 6.07) is 3.58. The standard InChI is InChI=1S/C19H25N5O4.HNO2/c1-26-15-10-12-13(11-16(15)27-2)21-19(22-17(12)20)24-7-5-23(6-8-24)18(25)14-4-3-9-28-14;2-1-3/h10-11,14H,3-9H2,1-2H3,(H2,20,21,22);(H,2,3). The van der Waals surface area contributed by atoms with Gasteiger partial charge in [-0.3, -0.25) is 4.79 Å². The van der Waals surface area contributed by atoms with Crippen LogP contribution in [0.3, 0.4) is 0 Å². The molecular formula is C19H26N6O6. The highest BCUT2D eigenvalue weighted by molar-refractivity contribution is 5.91. The summed E-state index contributed by atoms with van der Waals surface area (Å²) in [6.07, 6.45) is 1.49. The van der Waals surface area contributed by atoms with Crippen LogP contribution < -0.4 is 20.1 Å². The fraction of sp³-hybridized carbons (Fsp3) is 0.526. The van der Waals surface area contributed by atoms with Crippen LogP contribution in [-0.2, 0) is 9.53 Å². The number of rotatable bonds is 4. The Bertz CT molecular complexity index is 928. The normalized spacial score (nSPS) is 18.3. The molecule has 0 radical (unpaired) electrons. The molecule has 1 amide bonds. The average molecular weight is 434 g/mol. The van der Waals surface area contributed by atoms with Crippen LogP contribution in [0.4, 0.5) is 11.8 Å². The number of hydrogen-bond acceptors (Lipinski definition) is 10. The Balaban J connectivity index is 0.000000858. The summed E-state index contributed by atoms with van der Waals surface area (Å²) in [7, 11) is 3.16. The minimum Gasteiger partial charge on any atom is -0.493 e. The number of hydrogen-bond donors (Lipinski definition) is 2. The van der Waals surface area contributed by atoms with Crippen molar-refractivity contribution < 1.29 is 24.2 Å². The first-order valence-electron chi connectivity index (χ1n) is 9.83. The van der Waals surface area contributed by atoms with Crippen LogP contribution >= 0.6 is 0 Å². The smallest absolute Gasteiger partial charge is 0.251 e.